The van der Waals surface area contributed by atoms with Gasteiger partial charge in [-0.25, -0.2) is 8.42 Å². The van der Waals surface area contributed by atoms with Gasteiger partial charge in [0.2, 0.25) is 0 Å². The number of hydrogen-bond acceptors (Lipinski definition) is 4. The van der Waals surface area contributed by atoms with E-state index in [0.29, 0.717) is 17.9 Å². The molecule has 2 rings (SSSR count). The molecule has 4 nitrogen and oxygen atoms in total. The molecule has 0 amide bonds. The van der Waals surface area contributed by atoms with Crippen LogP contribution < -0.4 is 5.32 Å². The number of fused-ring (bicyclic) bond motifs is 1. The molecule has 2 N–H and O–H groups in total. The number of hydrogen-bond donors (Lipinski definition) is 2. The number of aryl methyl sites for hydroxylation is 2. The molecule has 5 heteroatoms. The Morgan fingerprint density at radius 2 is 2.05 bits per heavy atom. The topological polar surface area (TPSA) is 66.4 Å². The van der Waals surface area contributed by atoms with Crippen LogP contribution >= 0.6 is 0 Å². The van der Waals surface area contributed by atoms with Crippen LogP contribution in [0.25, 0.3) is 0 Å². The molecule has 1 aromatic rings. The third-order valence-corrected chi connectivity index (χ3v) is 5.63. The Hall–Kier alpha value is -0.910. The zero-order valence-electron chi connectivity index (χ0n) is 11.9. The summed E-state index contributed by atoms with van der Waals surface area (Å²) in [4.78, 5) is 0.416. The van der Waals surface area contributed by atoms with Crippen LogP contribution in [-0.2, 0) is 22.7 Å². The minimum atomic E-state index is -3.30. The van der Waals surface area contributed by atoms with E-state index in [4.69, 9.17) is 5.11 Å². The molecule has 1 aliphatic carbocycles. The van der Waals surface area contributed by atoms with Crippen molar-refractivity contribution in [1.82, 2.24) is 5.32 Å². The van der Waals surface area contributed by atoms with E-state index < -0.39 is 9.84 Å². The third-order valence-electron chi connectivity index (χ3n) is 3.82. The zero-order valence-corrected chi connectivity index (χ0v) is 12.7. The fourth-order valence-electron chi connectivity index (χ4n) is 2.79. The second-order valence-corrected chi connectivity index (χ2v) is 7.37. The first kappa shape index (κ1) is 15.5. The Bertz CT molecular complexity index is 548. The van der Waals surface area contributed by atoms with Crippen LogP contribution in [-0.4, -0.2) is 38.5 Å². The largest absolute Gasteiger partial charge is 0.396 e. The summed E-state index contributed by atoms with van der Waals surface area (Å²) in [5.41, 5.74) is 2.45. The van der Waals surface area contributed by atoms with E-state index in [2.05, 4.69) is 5.32 Å². The molecule has 112 valence electrons. The number of nitrogens with one attached hydrogen (secondary N) is 1. The van der Waals surface area contributed by atoms with Crippen molar-refractivity contribution in [2.75, 3.05) is 18.9 Å². The molecular formula is C15H23NO3S. The molecule has 0 bridgehead atoms. The summed E-state index contributed by atoms with van der Waals surface area (Å²) in [5.74, 6) is 0.0419. The van der Waals surface area contributed by atoms with Gasteiger partial charge in [-0.05, 0) is 55.5 Å². The highest BCUT2D eigenvalue weighted by atomic mass is 32.2. The lowest BCUT2D eigenvalue weighted by molar-refractivity contribution is 0.270. The van der Waals surface area contributed by atoms with E-state index in [1.54, 1.807) is 6.07 Å². The highest BCUT2D eigenvalue weighted by Crippen LogP contribution is 2.25. The summed E-state index contributed by atoms with van der Waals surface area (Å²) >= 11 is 0. The van der Waals surface area contributed by atoms with Gasteiger partial charge in [0.1, 0.15) is 0 Å². The Kier molecular flexibility index (Phi) is 5.18. The van der Waals surface area contributed by atoms with Crippen molar-refractivity contribution in [1.29, 1.82) is 0 Å². The van der Waals surface area contributed by atoms with Gasteiger partial charge >= 0.3 is 0 Å². The van der Waals surface area contributed by atoms with E-state index in [-0.39, 0.29) is 18.4 Å². The molecule has 0 saturated carbocycles. The van der Waals surface area contributed by atoms with Crippen LogP contribution in [0, 0.1) is 0 Å². The molecule has 0 aliphatic heterocycles. The van der Waals surface area contributed by atoms with Gasteiger partial charge in [0.15, 0.2) is 9.84 Å². The van der Waals surface area contributed by atoms with Gasteiger partial charge in [-0.2, -0.15) is 0 Å². The van der Waals surface area contributed by atoms with Crippen LogP contribution in [0.1, 0.15) is 30.9 Å². The fourth-order valence-corrected chi connectivity index (χ4v) is 4.40. The Labute approximate surface area is 121 Å². The molecule has 1 aliphatic rings. The van der Waals surface area contributed by atoms with Crippen LogP contribution in [0.15, 0.2) is 23.1 Å². The molecule has 0 fully saturated rings. The predicted octanol–water partition coefficient (Wildman–Crippen LogP) is 1.31. The van der Waals surface area contributed by atoms with Crippen molar-refractivity contribution in [3.63, 3.8) is 0 Å². The third kappa shape index (κ3) is 3.59. The molecule has 0 saturated heterocycles. The highest BCUT2D eigenvalue weighted by molar-refractivity contribution is 7.91. The first-order valence-corrected chi connectivity index (χ1v) is 8.91. The first-order chi connectivity index (χ1) is 9.56. The van der Waals surface area contributed by atoms with E-state index in [0.717, 1.165) is 19.3 Å². The summed E-state index contributed by atoms with van der Waals surface area (Å²) in [6.07, 6.45) is 3.60. The molecule has 0 heterocycles. The van der Waals surface area contributed by atoms with Gasteiger partial charge in [0.05, 0.1) is 10.6 Å². The van der Waals surface area contributed by atoms with E-state index >= 15 is 0 Å². The number of rotatable bonds is 7. The van der Waals surface area contributed by atoms with Crippen molar-refractivity contribution in [2.45, 2.75) is 43.5 Å². The SMILES string of the molecule is CCNC(CCO)CS(=O)(=O)c1ccc2c(c1)CCC2. The lowest BCUT2D eigenvalue weighted by Crippen LogP contribution is -2.36. The maximum Gasteiger partial charge on any atom is 0.179 e. The Morgan fingerprint density at radius 1 is 1.30 bits per heavy atom. The van der Waals surface area contributed by atoms with Crippen LogP contribution in [0.3, 0.4) is 0 Å². The molecule has 1 unspecified atom stereocenters. The van der Waals surface area contributed by atoms with Crippen molar-refractivity contribution in [3.8, 4) is 0 Å². The Morgan fingerprint density at radius 3 is 2.75 bits per heavy atom. The number of benzene rings is 1. The van der Waals surface area contributed by atoms with Gasteiger partial charge in [-0.1, -0.05) is 13.0 Å². The van der Waals surface area contributed by atoms with Crippen molar-refractivity contribution in [3.05, 3.63) is 29.3 Å². The maximum atomic E-state index is 12.5. The molecule has 1 aromatic carbocycles. The quantitative estimate of drug-likeness (QED) is 0.796. The minimum Gasteiger partial charge on any atom is -0.396 e. The van der Waals surface area contributed by atoms with Crippen LogP contribution in [0.2, 0.25) is 0 Å². The summed E-state index contributed by atoms with van der Waals surface area (Å²) in [5, 5.41) is 12.1. The summed E-state index contributed by atoms with van der Waals surface area (Å²) < 4.78 is 24.9. The van der Waals surface area contributed by atoms with Gasteiger partial charge in [-0.3, -0.25) is 0 Å². The first-order valence-electron chi connectivity index (χ1n) is 7.25. The fraction of sp³-hybridized carbons (Fsp3) is 0.600. The highest BCUT2D eigenvalue weighted by Gasteiger charge is 2.22. The van der Waals surface area contributed by atoms with Gasteiger partial charge in [0.25, 0.3) is 0 Å². The second kappa shape index (κ2) is 6.70. The van der Waals surface area contributed by atoms with Crippen molar-refractivity contribution < 1.29 is 13.5 Å². The molecule has 1 atom stereocenters. The lowest BCUT2D eigenvalue weighted by Gasteiger charge is -2.17. The molecule has 20 heavy (non-hydrogen) atoms. The van der Waals surface area contributed by atoms with Gasteiger partial charge in [-0.15, -0.1) is 0 Å². The van der Waals surface area contributed by atoms with Gasteiger partial charge in [0, 0.05) is 12.6 Å². The average Bonchev–Trinajstić information content (AvgIpc) is 2.86. The monoisotopic (exact) mass is 297 g/mol. The van der Waals surface area contributed by atoms with E-state index in [1.165, 1.54) is 11.1 Å². The Balaban J connectivity index is 2.17. The van der Waals surface area contributed by atoms with Crippen LogP contribution in [0.4, 0.5) is 0 Å². The summed E-state index contributed by atoms with van der Waals surface area (Å²) in [6.45, 7) is 2.63. The van der Waals surface area contributed by atoms with E-state index in [9.17, 15) is 8.42 Å². The summed E-state index contributed by atoms with van der Waals surface area (Å²) in [7, 11) is -3.30. The standard InChI is InChI=1S/C15H23NO3S/c1-2-16-14(8-9-17)11-20(18,19)15-7-6-12-4-3-5-13(12)10-15/h6-7,10,14,16-17H,2-5,8-9,11H2,1H3. The van der Waals surface area contributed by atoms with Crippen LogP contribution in [0.5, 0.6) is 0 Å². The second-order valence-electron chi connectivity index (χ2n) is 5.33. The van der Waals surface area contributed by atoms with Crippen molar-refractivity contribution >= 4 is 9.84 Å². The molecular weight excluding hydrogens is 274 g/mol. The predicted molar refractivity (Wildman–Crippen MR) is 79.7 cm³/mol. The number of sulfone groups is 1. The maximum absolute atomic E-state index is 12.5. The van der Waals surface area contributed by atoms with Gasteiger partial charge < -0.3 is 10.4 Å². The number of aliphatic hydroxyl groups excluding tert-OH is 1. The molecule has 0 spiro atoms. The average molecular weight is 297 g/mol. The molecule has 0 aromatic heterocycles. The lowest BCUT2D eigenvalue weighted by atomic mass is 10.1. The smallest absolute Gasteiger partial charge is 0.179 e. The number of aliphatic hydroxyl groups is 1. The summed E-state index contributed by atoms with van der Waals surface area (Å²) in [6, 6.07) is 5.31. The zero-order chi connectivity index (χ0) is 14.6. The minimum absolute atomic E-state index is 0.00260. The normalized spacial score (nSPS) is 16.1. The van der Waals surface area contributed by atoms with E-state index in [1.807, 2.05) is 19.1 Å². The molecule has 0 radical (unpaired) electrons. The van der Waals surface area contributed by atoms with Crippen molar-refractivity contribution in [2.24, 2.45) is 0 Å².